The van der Waals surface area contributed by atoms with Gasteiger partial charge in [-0.05, 0) is 50.0 Å². The summed E-state index contributed by atoms with van der Waals surface area (Å²) in [4.78, 5) is 14.5. The smallest absolute Gasteiger partial charge is 0.225 e. The first kappa shape index (κ1) is 12.9. The van der Waals surface area contributed by atoms with Crippen molar-refractivity contribution in [3.63, 3.8) is 0 Å². The van der Waals surface area contributed by atoms with E-state index in [2.05, 4.69) is 18.7 Å². The van der Waals surface area contributed by atoms with E-state index in [1.165, 1.54) is 6.42 Å². The van der Waals surface area contributed by atoms with E-state index in [-0.39, 0.29) is 0 Å². The minimum Gasteiger partial charge on any atom is -0.342 e. The van der Waals surface area contributed by atoms with E-state index in [0.29, 0.717) is 24.3 Å². The Kier molecular flexibility index (Phi) is 4.08. The Hall–Kier alpha value is -0.570. The summed E-state index contributed by atoms with van der Waals surface area (Å²) in [6, 6.07) is 0. The fourth-order valence-corrected chi connectivity index (χ4v) is 3.19. The molecule has 0 heterocycles. The van der Waals surface area contributed by atoms with E-state index in [0.717, 1.165) is 44.2 Å². The molecule has 2 fully saturated rings. The molecule has 0 aromatic carbocycles. The molecular formula is C14H26N2O. The highest BCUT2D eigenvalue weighted by Gasteiger charge is 2.48. The standard InChI is InChI=1S/C14H26N2O/c1-10(2)9-16(5-3-4-15)14(17)13-7-11-6-12(11)8-13/h10-13H,3-9,15H2,1-2H3. The maximum absolute atomic E-state index is 12.4. The van der Waals surface area contributed by atoms with Crippen LogP contribution in [0.4, 0.5) is 0 Å². The summed E-state index contributed by atoms with van der Waals surface area (Å²) in [5, 5.41) is 0. The van der Waals surface area contributed by atoms with Crippen LogP contribution in [0.25, 0.3) is 0 Å². The van der Waals surface area contributed by atoms with Crippen LogP contribution in [0.3, 0.4) is 0 Å². The molecule has 0 saturated heterocycles. The van der Waals surface area contributed by atoms with Crippen molar-refractivity contribution in [2.75, 3.05) is 19.6 Å². The lowest BCUT2D eigenvalue weighted by Gasteiger charge is -2.27. The van der Waals surface area contributed by atoms with Crippen molar-refractivity contribution in [2.45, 2.75) is 39.5 Å². The van der Waals surface area contributed by atoms with Gasteiger partial charge >= 0.3 is 0 Å². The molecule has 2 saturated carbocycles. The molecule has 2 N–H and O–H groups in total. The Morgan fingerprint density at radius 3 is 2.47 bits per heavy atom. The maximum atomic E-state index is 12.4. The minimum absolute atomic E-state index is 0.329. The van der Waals surface area contributed by atoms with Gasteiger partial charge in [-0.15, -0.1) is 0 Å². The summed E-state index contributed by atoms with van der Waals surface area (Å²) in [5.41, 5.74) is 5.55. The lowest BCUT2D eigenvalue weighted by Crippen LogP contribution is -2.39. The number of fused-ring (bicyclic) bond motifs is 1. The molecule has 0 aromatic rings. The minimum atomic E-state index is 0.329. The van der Waals surface area contributed by atoms with Crippen LogP contribution in [0, 0.1) is 23.7 Å². The van der Waals surface area contributed by atoms with Crippen molar-refractivity contribution in [2.24, 2.45) is 29.4 Å². The maximum Gasteiger partial charge on any atom is 0.225 e. The molecule has 1 amide bonds. The molecule has 2 rings (SSSR count). The Bertz CT molecular complexity index is 267. The van der Waals surface area contributed by atoms with Gasteiger partial charge in [0.2, 0.25) is 5.91 Å². The molecule has 0 aromatic heterocycles. The number of nitrogens with zero attached hydrogens (tertiary/aromatic N) is 1. The zero-order chi connectivity index (χ0) is 12.4. The SMILES string of the molecule is CC(C)CN(CCCN)C(=O)C1CC2CC2C1. The molecule has 3 heteroatoms. The first-order valence-corrected chi connectivity index (χ1v) is 7.10. The van der Waals surface area contributed by atoms with E-state index < -0.39 is 0 Å². The molecule has 2 aliphatic carbocycles. The van der Waals surface area contributed by atoms with Crippen LogP contribution in [0.5, 0.6) is 0 Å². The number of hydrogen-bond acceptors (Lipinski definition) is 2. The monoisotopic (exact) mass is 238 g/mol. The molecule has 17 heavy (non-hydrogen) atoms. The number of carbonyl (C=O) groups is 1. The average Bonchev–Trinajstić information content (AvgIpc) is 2.90. The second-order valence-corrected chi connectivity index (χ2v) is 6.24. The number of carbonyl (C=O) groups excluding carboxylic acids is 1. The Labute approximate surface area is 105 Å². The summed E-state index contributed by atoms with van der Waals surface area (Å²) < 4.78 is 0. The first-order chi connectivity index (χ1) is 8.11. The number of nitrogens with two attached hydrogens (primary N) is 1. The zero-order valence-corrected chi connectivity index (χ0v) is 11.2. The molecule has 0 radical (unpaired) electrons. The average molecular weight is 238 g/mol. The van der Waals surface area contributed by atoms with Crippen molar-refractivity contribution in [3.8, 4) is 0 Å². The van der Waals surface area contributed by atoms with Gasteiger partial charge in [0.05, 0.1) is 0 Å². The van der Waals surface area contributed by atoms with Crippen LogP contribution in [-0.2, 0) is 4.79 Å². The van der Waals surface area contributed by atoms with Gasteiger partial charge in [-0.3, -0.25) is 4.79 Å². The third kappa shape index (κ3) is 3.21. The van der Waals surface area contributed by atoms with Crippen LogP contribution < -0.4 is 5.73 Å². The topological polar surface area (TPSA) is 46.3 Å². The largest absolute Gasteiger partial charge is 0.342 e. The van der Waals surface area contributed by atoms with Gasteiger partial charge in [-0.2, -0.15) is 0 Å². The van der Waals surface area contributed by atoms with Crippen molar-refractivity contribution in [3.05, 3.63) is 0 Å². The Morgan fingerprint density at radius 1 is 1.29 bits per heavy atom. The van der Waals surface area contributed by atoms with E-state index in [9.17, 15) is 4.79 Å². The highest BCUT2D eigenvalue weighted by atomic mass is 16.2. The Balaban J connectivity index is 1.86. The third-order valence-corrected chi connectivity index (χ3v) is 4.12. The fraction of sp³-hybridized carbons (Fsp3) is 0.929. The molecular weight excluding hydrogens is 212 g/mol. The van der Waals surface area contributed by atoms with E-state index >= 15 is 0 Å². The first-order valence-electron chi connectivity index (χ1n) is 7.10. The lowest BCUT2D eigenvalue weighted by molar-refractivity contribution is -0.136. The normalized spacial score (nSPS) is 30.5. The predicted molar refractivity (Wildman–Crippen MR) is 69.4 cm³/mol. The van der Waals surface area contributed by atoms with E-state index in [1.807, 2.05) is 0 Å². The lowest BCUT2D eigenvalue weighted by atomic mass is 10.0. The molecule has 2 aliphatic rings. The van der Waals surface area contributed by atoms with E-state index in [1.54, 1.807) is 0 Å². The van der Waals surface area contributed by atoms with Crippen molar-refractivity contribution in [1.29, 1.82) is 0 Å². The number of amides is 1. The quantitative estimate of drug-likeness (QED) is 0.768. The van der Waals surface area contributed by atoms with Crippen LogP contribution in [0.2, 0.25) is 0 Å². The van der Waals surface area contributed by atoms with E-state index in [4.69, 9.17) is 5.73 Å². The third-order valence-electron chi connectivity index (χ3n) is 4.12. The summed E-state index contributed by atoms with van der Waals surface area (Å²) in [6.45, 7) is 6.77. The highest BCUT2D eigenvalue weighted by Crippen LogP contribution is 2.54. The van der Waals surface area contributed by atoms with Crippen LogP contribution in [0.15, 0.2) is 0 Å². The predicted octanol–water partition coefficient (Wildman–Crippen LogP) is 1.87. The van der Waals surface area contributed by atoms with Gasteiger partial charge in [0.1, 0.15) is 0 Å². The molecule has 0 aliphatic heterocycles. The molecule has 3 nitrogen and oxygen atoms in total. The second kappa shape index (κ2) is 5.38. The number of rotatable bonds is 6. The van der Waals surface area contributed by atoms with Gasteiger partial charge in [0.25, 0.3) is 0 Å². The summed E-state index contributed by atoms with van der Waals surface area (Å²) in [5.74, 6) is 3.06. The van der Waals surface area contributed by atoms with Crippen molar-refractivity contribution in [1.82, 2.24) is 4.90 Å². The number of hydrogen-bond donors (Lipinski definition) is 1. The van der Waals surface area contributed by atoms with Gasteiger partial charge in [0.15, 0.2) is 0 Å². The zero-order valence-electron chi connectivity index (χ0n) is 11.2. The second-order valence-electron chi connectivity index (χ2n) is 6.24. The van der Waals surface area contributed by atoms with Gasteiger partial charge in [-0.25, -0.2) is 0 Å². The van der Waals surface area contributed by atoms with Crippen LogP contribution in [-0.4, -0.2) is 30.4 Å². The molecule has 0 spiro atoms. The highest BCUT2D eigenvalue weighted by molar-refractivity contribution is 5.79. The molecule has 2 unspecified atom stereocenters. The Morgan fingerprint density at radius 2 is 1.94 bits per heavy atom. The molecule has 0 bridgehead atoms. The van der Waals surface area contributed by atoms with Crippen LogP contribution >= 0.6 is 0 Å². The van der Waals surface area contributed by atoms with Gasteiger partial charge in [0, 0.05) is 19.0 Å². The van der Waals surface area contributed by atoms with Gasteiger partial charge in [-0.1, -0.05) is 13.8 Å². The van der Waals surface area contributed by atoms with Crippen LogP contribution in [0.1, 0.15) is 39.5 Å². The van der Waals surface area contributed by atoms with Gasteiger partial charge < -0.3 is 10.6 Å². The summed E-state index contributed by atoms with van der Waals surface area (Å²) in [6.07, 6.45) is 4.62. The fourth-order valence-electron chi connectivity index (χ4n) is 3.19. The molecule has 2 atom stereocenters. The van der Waals surface area contributed by atoms with Crippen molar-refractivity contribution < 1.29 is 4.79 Å². The molecule has 98 valence electrons. The summed E-state index contributed by atoms with van der Waals surface area (Å²) >= 11 is 0. The van der Waals surface area contributed by atoms with Crippen molar-refractivity contribution >= 4 is 5.91 Å². The summed E-state index contributed by atoms with van der Waals surface area (Å²) in [7, 11) is 0.